The molecule has 2 N–H and O–H groups in total. The van der Waals surface area contributed by atoms with Crippen molar-refractivity contribution in [2.24, 2.45) is 0 Å². The number of piperidine rings is 1. The Bertz CT molecular complexity index is 789. The van der Waals surface area contributed by atoms with Crippen molar-refractivity contribution in [3.05, 3.63) is 47.0 Å². The van der Waals surface area contributed by atoms with Crippen LogP contribution in [0.2, 0.25) is 5.02 Å². The summed E-state index contributed by atoms with van der Waals surface area (Å²) in [5.74, 6) is -0.245. The van der Waals surface area contributed by atoms with Gasteiger partial charge >= 0.3 is 0 Å². The number of rotatable bonds is 5. The van der Waals surface area contributed by atoms with E-state index in [1.165, 1.54) is 18.6 Å². The maximum atomic E-state index is 12.7. The Morgan fingerprint density at radius 2 is 1.96 bits per heavy atom. The predicted octanol–water partition coefficient (Wildman–Crippen LogP) is 4.69. The van der Waals surface area contributed by atoms with Gasteiger partial charge in [0, 0.05) is 18.7 Å². The molecule has 0 atom stereocenters. The van der Waals surface area contributed by atoms with Gasteiger partial charge in [0.25, 0.3) is 5.91 Å². The van der Waals surface area contributed by atoms with E-state index in [9.17, 15) is 9.90 Å². The molecule has 6 heteroatoms. The van der Waals surface area contributed by atoms with Crippen molar-refractivity contribution >= 4 is 28.9 Å². The summed E-state index contributed by atoms with van der Waals surface area (Å²) in [6.07, 6.45) is 3.57. The van der Waals surface area contributed by atoms with Crippen molar-refractivity contribution in [3.8, 4) is 11.5 Å². The van der Waals surface area contributed by atoms with Crippen LogP contribution in [0.25, 0.3) is 0 Å². The summed E-state index contributed by atoms with van der Waals surface area (Å²) in [6.45, 7) is 4.15. The van der Waals surface area contributed by atoms with Crippen molar-refractivity contribution in [2.45, 2.75) is 26.2 Å². The van der Waals surface area contributed by atoms with Crippen molar-refractivity contribution in [1.82, 2.24) is 0 Å². The SMILES string of the molecule is CCOc1cc(C(=O)Nc2ccccc2N2CCCCC2)cc(Cl)c1O. The zero-order chi connectivity index (χ0) is 18.5. The van der Waals surface area contributed by atoms with Crippen LogP contribution in [-0.4, -0.2) is 30.7 Å². The van der Waals surface area contributed by atoms with Crippen LogP contribution >= 0.6 is 11.6 Å². The monoisotopic (exact) mass is 374 g/mol. The van der Waals surface area contributed by atoms with Gasteiger partial charge in [-0.05, 0) is 50.5 Å². The van der Waals surface area contributed by atoms with Crippen molar-refractivity contribution in [3.63, 3.8) is 0 Å². The van der Waals surface area contributed by atoms with Gasteiger partial charge in [0.2, 0.25) is 0 Å². The van der Waals surface area contributed by atoms with Crippen LogP contribution in [-0.2, 0) is 0 Å². The molecule has 1 fully saturated rings. The molecule has 0 radical (unpaired) electrons. The first-order valence-corrected chi connectivity index (χ1v) is 9.28. The zero-order valence-electron chi connectivity index (χ0n) is 14.8. The van der Waals surface area contributed by atoms with Crippen molar-refractivity contribution < 1.29 is 14.6 Å². The lowest BCUT2D eigenvalue weighted by Gasteiger charge is -2.30. The van der Waals surface area contributed by atoms with E-state index in [0.717, 1.165) is 37.3 Å². The molecule has 0 saturated carbocycles. The van der Waals surface area contributed by atoms with E-state index in [1.54, 1.807) is 6.92 Å². The second kappa shape index (κ2) is 8.32. The molecule has 2 aromatic rings. The molecule has 2 aromatic carbocycles. The summed E-state index contributed by atoms with van der Waals surface area (Å²) < 4.78 is 5.35. The van der Waals surface area contributed by atoms with E-state index in [0.29, 0.717) is 12.2 Å². The summed E-state index contributed by atoms with van der Waals surface area (Å²) in [6, 6.07) is 10.7. The van der Waals surface area contributed by atoms with E-state index < -0.39 is 0 Å². The largest absolute Gasteiger partial charge is 0.503 e. The van der Waals surface area contributed by atoms with E-state index in [-0.39, 0.29) is 22.4 Å². The van der Waals surface area contributed by atoms with Gasteiger partial charge in [0.15, 0.2) is 11.5 Å². The number of halogens is 1. The highest BCUT2D eigenvalue weighted by molar-refractivity contribution is 6.32. The average molecular weight is 375 g/mol. The lowest BCUT2D eigenvalue weighted by atomic mass is 10.1. The maximum Gasteiger partial charge on any atom is 0.255 e. The number of carbonyl (C=O) groups excluding carboxylic acids is 1. The normalized spacial score (nSPS) is 14.2. The van der Waals surface area contributed by atoms with Gasteiger partial charge in [-0.1, -0.05) is 23.7 Å². The Hall–Kier alpha value is -2.40. The van der Waals surface area contributed by atoms with E-state index in [2.05, 4.69) is 10.2 Å². The van der Waals surface area contributed by atoms with Gasteiger partial charge in [-0.3, -0.25) is 4.79 Å². The third kappa shape index (κ3) is 4.05. The van der Waals surface area contributed by atoms with Gasteiger partial charge in [0.1, 0.15) is 0 Å². The Balaban J connectivity index is 1.84. The molecule has 1 aliphatic rings. The molecule has 0 spiro atoms. The van der Waals surface area contributed by atoms with Crippen LogP contribution in [0.3, 0.4) is 0 Å². The predicted molar refractivity (Wildman–Crippen MR) is 105 cm³/mol. The van der Waals surface area contributed by atoms with Gasteiger partial charge in [-0.25, -0.2) is 0 Å². The van der Waals surface area contributed by atoms with Gasteiger partial charge < -0.3 is 20.1 Å². The van der Waals surface area contributed by atoms with E-state index in [1.807, 2.05) is 24.3 Å². The Labute approximate surface area is 158 Å². The minimum Gasteiger partial charge on any atom is -0.503 e. The number of hydrogen-bond donors (Lipinski definition) is 2. The van der Waals surface area contributed by atoms with E-state index >= 15 is 0 Å². The summed E-state index contributed by atoms with van der Waals surface area (Å²) in [4.78, 5) is 15.0. The molecule has 1 heterocycles. The smallest absolute Gasteiger partial charge is 0.255 e. The number of ether oxygens (including phenoxy) is 1. The van der Waals surface area contributed by atoms with Crippen LogP contribution in [0, 0.1) is 0 Å². The topological polar surface area (TPSA) is 61.8 Å². The molecular weight excluding hydrogens is 352 g/mol. The summed E-state index contributed by atoms with van der Waals surface area (Å²) in [5.41, 5.74) is 2.13. The molecule has 26 heavy (non-hydrogen) atoms. The molecule has 3 rings (SSSR count). The number of carbonyl (C=O) groups is 1. The lowest BCUT2D eigenvalue weighted by molar-refractivity contribution is 0.102. The minimum atomic E-state index is -0.294. The Morgan fingerprint density at radius 1 is 1.23 bits per heavy atom. The number of anilines is 2. The van der Waals surface area contributed by atoms with Gasteiger partial charge in [-0.2, -0.15) is 0 Å². The number of para-hydroxylation sites is 2. The zero-order valence-corrected chi connectivity index (χ0v) is 15.6. The summed E-state index contributed by atoms with van der Waals surface area (Å²) in [5, 5.41) is 13.0. The number of benzene rings is 2. The van der Waals surface area contributed by atoms with E-state index in [4.69, 9.17) is 16.3 Å². The molecule has 0 aromatic heterocycles. The minimum absolute atomic E-state index is 0.0883. The maximum absolute atomic E-state index is 12.7. The van der Waals surface area contributed by atoms with Crippen LogP contribution in [0.5, 0.6) is 11.5 Å². The van der Waals surface area contributed by atoms with Crippen LogP contribution < -0.4 is 15.0 Å². The molecule has 5 nitrogen and oxygen atoms in total. The fourth-order valence-corrected chi connectivity index (χ4v) is 3.37. The fourth-order valence-electron chi connectivity index (χ4n) is 3.15. The molecule has 0 bridgehead atoms. The highest BCUT2D eigenvalue weighted by Gasteiger charge is 2.18. The standard InChI is InChI=1S/C20H23ClN2O3/c1-2-26-18-13-14(12-15(21)19(18)24)20(25)22-16-8-4-5-9-17(16)23-10-6-3-7-11-23/h4-5,8-9,12-13,24H,2-3,6-7,10-11H2,1H3,(H,22,25). The van der Waals surface area contributed by atoms with Crippen molar-refractivity contribution in [2.75, 3.05) is 29.9 Å². The molecule has 1 saturated heterocycles. The highest BCUT2D eigenvalue weighted by atomic mass is 35.5. The number of aromatic hydroxyl groups is 1. The second-order valence-electron chi connectivity index (χ2n) is 6.26. The number of nitrogens with zero attached hydrogens (tertiary/aromatic N) is 1. The molecule has 1 aliphatic heterocycles. The van der Waals surface area contributed by atoms with Crippen LogP contribution in [0.4, 0.5) is 11.4 Å². The van der Waals surface area contributed by atoms with Gasteiger partial charge in [-0.15, -0.1) is 0 Å². The summed E-state index contributed by atoms with van der Waals surface area (Å²) in [7, 11) is 0. The first-order valence-electron chi connectivity index (χ1n) is 8.90. The lowest BCUT2D eigenvalue weighted by Crippen LogP contribution is -2.30. The molecule has 1 amide bonds. The third-order valence-corrected chi connectivity index (χ3v) is 4.73. The number of phenolic OH excluding ortho intramolecular Hbond substituents is 1. The number of amides is 1. The molecule has 138 valence electrons. The quantitative estimate of drug-likeness (QED) is 0.797. The van der Waals surface area contributed by atoms with Crippen molar-refractivity contribution in [1.29, 1.82) is 0 Å². The first kappa shape index (κ1) is 18.4. The second-order valence-corrected chi connectivity index (χ2v) is 6.66. The Kier molecular flexibility index (Phi) is 5.89. The Morgan fingerprint density at radius 3 is 2.69 bits per heavy atom. The average Bonchev–Trinajstić information content (AvgIpc) is 2.66. The molecule has 0 unspecified atom stereocenters. The number of phenols is 1. The fraction of sp³-hybridized carbons (Fsp3) is 0.350. The highest BCUT2D eigenvalue weighted by Crippen LogP contribution is 2.36. The third-order valence-electron chi connectivity index (χ3n) is 4.44. The summed E-state index contributed by atoms with van der Waals surface area (Å²) >= 11 is 6.04. The number of hydrogen-bond acceptors (Lipinski definition) is 4. The molecule has 0 aliphatic carbocycles. The first-order chi connectivity index (χ1) is 12.6. The van der Waals surface area contributed by atoms with Crippen LogP contribution in [0.15, 0.2) is 36.4 Å². The van der Waals surface area contributed by atoms with Crippen LogP contribution in [0.1, 0.15) is 36.5 Å². The number of nitrogens with one attached hydrogen (secondary N) is 1. The van der Waals surface area contributed by atoms with Gasteiger partial charge in [0.05, 0.1) is 23.0 Å². The molecular formula is C20H23ClN2O3.